The largest absolute Gasteiger partial charge is 0.323 e. The molecule has 0 amide bonds. The number of halogens is 1. The fourth-order valence-corrected chi connectivity index (χ4v) is 6.03. The molecule has 4 atom stereocenters. The van der Waals surface area contributed by atoms with Crippen molar-refractivity contribution < 1.29 is 8.42 Å². The highest BCUT2D eigenvalue weighted by Gasteiger charge is 2.24. The Morgan fingerprint density at radius 3 is 1.52 bits per heavy atom. The minimum Gasteiger partial charge on any atom is -0.323 e. The van der Waals surface area contributed by atoms with Gasteiger partial charge in [-0.1, -0.05) is 18.2 Å². The van der Waals surface area contributed by atoms with E-state index in [9.17, 15) is 8.42 Å². The summed E-state index contributed by atoms with van der Waals surface area (Å²) in [6, 6.07) is 12.1. The number of hydrogen-bond acceptors (Lipinski definition) is 9. The summed E-state index contributed by atoms with van der Waals surface area (Å²) in [4.78, 5) is 19.5. The smallest absolute Gasteiger partial charge is 0.144 e. The molecule has 3 N–H and O–H groups in total. The molecule has 3 heterocycles. The summed E-state index contributed by atoms with van der Waals surface area (Å²) >= 11 is 5.42. The summed E-state index contributed by atoms with van der Waals surface area (Å²) in [5.74, 6) is 0.776. The molecule has 0 radical (unpaired) electrons. The van der Waals surface area contributed by atoms with Gasteiger partial charge in [0.25, 0.3) is 0 Å². The first-order valence-electron chi connectivity index (χ1n) is 20.1. The van der Waals surface area contributed by atoms with Crippen molar-refractivity contribution in [2.75, 3.05) is 67.8 Å². The molecule has 0 saturated carbocycles. The van der Waals surface area contributed by atoms with Gasteiger partial charge in [0.05, 0.1) is 49.8 Å². The number of rotatable bonds is 17. The predicted molar refractivity (Wildman–Crippen MR) is 253 cm³/mol. The molecule has 0 saturated heterocycles. The van der Waals surface area contributed by atoms with E-state index in [0.717, 1.165) is 85.8 Å². The van der Waals surface area contributed by atoms with Crippen LogP contribution >= 0.6 is 11.6 Å². The zero-order valence-corrected chi connectivity index (χ0v) is 40.9. The first-order valence-corrected chi connectivity index (χ1v) is 22.9. The second-order valence-electron chi connectivity index (χ2n) is 17.3. The number of aromatic nitrogens is 3. The monoisotopic (exact) mass is 864 g/mol. The Kier molecular flexibility index (Phi) is 28.4. The second kappa shape index (κ2) is 29.7. The fourth-order valence-electron chi connectivity index (χ4n) is 4.54. The predicted octanol–water partition coefficient (Wildman–Crippen LogP) is 8.00. The third-order valence-electron chi connectivity index (χ3n) is 8.11. The maximum atomic E-state index is 12.4. The summed E-state index contributed by atoms with van der Waals surface area (Å²) in [7, 11) is 10.1. The van der Waals surface area contributed by atoms with Crippen molar-refractivity contribution in [2.24, 2.45) is 10.1 Å². The maximum absolute atomic E-state index is 12.4. The van der Waals surface area contributed by atoms with E-state index in [-0.39, 0.29) is 21.6 Å². The zero-order valence-electron chi connectivity index (χ0n) is 38.5. The average molecular weight is 865 g/mol. The van der Waals surface area contributed by atoms with Crippen LogP contribution in [0.3, 0.4) is 0 Å². The van der Waals surface area contributed by atoms with Crippen molar-refractivity contribution in [3.63, 3.8) is 0 Å². The Balaban J connectivity index is 0.000000788. The van der Waals surface area contributed by atoms with Gasteiger partial charge in [-0.05, 0) is 191 Å². The second-order valence-corrected chi connectivity index (χ2v) is 21.6. The lowest BCUT2D eigenvalue weighted by molar-refractivity contribution is 0.381. The van der Waals surface area contributed by atoms with E-state index in [4.69, 9.17) is 17.3 Å². The molecule has 0 aliphatic heterocycles. The highest BCUT2D eigenvalue weighted by Crippen LogP contribution is 2.21. The molecule has 3 rings (SSSR count). The fraction of sp³-hybridized carbons (Fsp3) is 0.636. The Labute approximate surface area is 363 Å². The third-order valence-corrected chi connectivity index (χ3v) is 11.3. The minimum atomic E-state index is -1.21. The number of nitrogens with zero attached hydrogens (tertiary/aromatic N) is 7. The highest BCUT2D eigenvalue weighted by molar-refractivity contribution is 7.85. The molecule has 0 aliphatic rings. The van der Waals surface area contributed by atoms with Gasteiger partial charge in [-0.15, -0.1) is 11.6 Å². The van der Waals surface area contributed by atoms with Crippen LogP contribution in [0.2, 0.25) is 0 Å². The van der Waals surface area contributed by atoms with Crippen LogP contribution in [0.25, 0.3) is 0 Å². The van der Waals surface area contributed by atoms with Gasteiger partial charge in [-0.3, -0.25) is 15.0 Å². The molecule has 11 nitrogen and oxygen atoms in total. The molecule has 14 heteroatoms. The molecule has 0 spiro atoms. The number of hydrogen-bond donors (Lipinski definition) is 2. The van der Waals surface area contributed by atoms with Crippen LogP contribution in [0.4, 0.5) is 0 Å². The molecular formula is C44H78ClN9O2S2. The lowest BCUT2D eigenvalue weighted by atomic mass is 10.1. The number of pyridine rings is 3. The van der Waals surface area contributed by atoms with Crippen molar-refractivity contribution >= 4 is 39.8 Å². The van der Waals surface area contributed by atoms with Crippen LogP contribution in [0.5, 0.6) is 0 Å². The van der Waals surface area contributed by atoms with E-state index in [1.54, 1.807) is 12.4 Å². The Hall–Kier alpha value is -2.49. The van der Waals surface area contributed by atoms with E-state index >= 15 is 0 Å². The standard InChI is InChI=1S/C16H29N3OS.C12H21N3.C11H16N2OS.C5H12ClN/c1-13-9-10-14(17-12-13)15(8-7-11-19(5)6)18-21(20)16(2,3)4;1-10-6-7-12(14-9-10)11(13)5-4-8-15(2)3;1-9-5-6-10(12-7-9)8-13-15(14)11(2,3)4;1-7(2)5-3-4-6/h9-10,12,15,18H,7-8,11H2,1-6H3;6-7,9,11H,4-5,8,13H2,1-3H3;5-8H,1-4H3;3-5H2,1-2H3/t15?,21-;;15-;/m1.1./s1. The zero-order chi connectivity index (χ0) is 44.5. The third kappa shape index (κ3) is 28.1. The van der Waals surface area contributed by atoms with Crippen LogP contribution < -0.4 is 10.5 Å². The summed E-state index contributed by atoms with van der Waals surface area (Å²) in [5.41, 5.74) is 12.2. The summed E-state index contributed by atoms with van der Waals surface area (Å²) in [6.45, 7) is 20.9. The van der Waals surface area contributed by atoms with Crippen molar-refractivity contribution in [1.82, 2.24) is 34.4 Å². The van der Waals surface area contributed by atoms with Gasteiger partial charge in [-0.2, -0.15) is 4.40 Å². The van der Waals surface area contributed by atoms with Gasteiger partial charge in [0.2, 0.25) is 0 Å². The van der Waals surface area contributed by atoms with E-state index in [1.807, 2.05) is 113 Å². The van der Waals surface area contributed by atoms with Crippen LogP contribution in [-0.4, -0.2) is 122 Å². The molecule has 2 unspecified atom stereocenters. The molecule has 3 aromatic heterocycles. The lowest BCUT2D eigenvalue weighted by Gasteiger charge is -2.24. The molecule has 0 bridgehead atoms. The number of nitrogens with one attached hydrogen (secondary N) is 1. The van der Waals surface area contributed by atoms with Crippen LogP contribution in [0, 0.1) is 20.8 Å². The molecule has 0 aromatic carbocycles. The lowest BCUT2D eigenvalue weighted by Crippen LogP contribution is -2.36. The normalized spacial score (nSPS) is 13.9. The van der Waals surface area contributed by atoms with Gasteiger partial charge < -0.3 is 20.4 Å². The SMILES string of the molecule is CN(C)CCCCl.Cc1ccc(C(CCCN(C)C)N[S@](=O)C(C)(C)C)nc1.Cc1ccc(C(N)CCCN(C)C)nc1.Cc1ccc(C=N[S@](=O)C(C)(C)C)nc1. The number of aryl methyl sites for hydroxylation is 3. The summed E-state index contributed by atoms with van der Waals surface area (Å²) < 4.78 is 30.6. The van der Waals surface area contributed by atoms with E-state index < -0.39 is 22.0 Å². The van der Waals surface area contributed by atoms with E-state index in [0.29, 0.717) is 0 Å². The first kappa shape index (κ1) is 55.5. The van der Waals surface area contributed by atoms with Crippen LogP contribution in [0.15, 0.2) is 59.4 Å². The van der Waals surface area contributed by atoms with Gasteiger partial charge in [0.1, 0.15) is 11.0 Å². The quantitative estimate of drug-likeness (QED) is 0.102. The van der Waals surface area contributed by atoms with Gasteiger partial charge >= 0.3 is 0 Å². The van der Waals surface area contributed by atoms with Crippen LogP contribution in [-0.2, 0) is 22.0 Å². The van der Waals surface area contributed by atoms with E-state index in [1.165, 1.54) is 5.56 Å². The van der Waals surface area contributed by atoms with Crippen LogP contribution in [0.1, 0.15) is 120 Å². The van der Waals surface area contributed by atoms with Crippen molar-refractivity contribution in [3.05, 3.63) is 88.8 Å². The first-order chi connectivity index (χ1) is 27.0. The molecule has 58 heavy (non-hydrogen) atoms. The number of nitrogens with two attached hydrogens (primary N) is 1. The van der Waals surface area contributed by atoms with E-state index in [2.05, 4.69) is 79.1 Å². The Morgan fingerprint density at radius 1 is 0.690 bits per heavy atom. The molecule has 0 fully saturated rings. The minimum absolute atomic E-state index is 0.0330. The Morgan fingerprint density at radius 2 is 1.14 bits per heavy atom. The van der Waals surface area contributed by atoms with Crippen molar-refractivity contribution in [2.45, 2.75) is 116 Å². The van der Waals surface area contributed by atoms with Gasteiger partial charge in [0, 0.05) is 30.5 Å². The molecule has 3 aromatic rings. The summed E-state index contributed by atoms with van der Waals surface area (Å²) in [5, 5.41) is 0. The average Bonchev–Trinajstić information content (AvgIpc) is 3.13. The molecule has 0 aliphatic carbocycles. The van der Waals surface area contributed by atoms with Gasteiger partial charge in [0.15, 0.2) is 0 Å². The van der Waals surface area contributed by atoms with Crippen molar-refractivity contribution in [3.8, 4) is 0 Å². The van der Waals surface area contributed by atoms with Crippen molar-refractivity contribution in [1.29, 1.82) is 0 Å². The molecule has 330 valence electrons. The molecular weight excluding hydrogens is 786 g/mol. The number of alkyl halides is 1. The Bertz CT molecular complexity index is 1580. The highest BCUT2D eigenvalue weighted by atomic mass is 35.5. The van der Waals surface area contributed by atoms with Gasteiger partial charge in [-0.25, -0.2) is 13.1 Å². The topological polar surface area (TPSA) is 133 Å². The maximum Gasteiger partial charge on any atom is 0.144 e. The summed E-state index contributed by atoms with van der Waals surface area (Å²) in [6.07, 6.45) is 12.2.